The van der Waals surface area contributed by atoms with E-state index < -0.39 is 10.0 Å². The second kappa shape index (κ2) is 6.37. The molecule has 0 fully saturated rings. The third-order valence-corrected chi connectivity index (χ3v) is 6.00. The van der Waals surface area contributed by atoms with E-state index in [0.29, 0.717) is 22.7 Å². The lowest BCUT2D eigenvalue weighted by Crippen LogP contribution is -2.18. The molecule has 0 aliphatic heterocycles. The molecule has 0 atom stereocenters. The second-order valence-electron chi connectivity index (χ2n) is 7.37. The molecule has 25 heavy (non-hydrogen) atoms. The average molecular weight is 365 g/mol. The van der Waals surface area contributed by atoms with Crippen LogP contribution in [0.2, 0.25) is 0 Å². The summed E-state index contributed by atoms with van der Waals surface area (Å²) in [5.41, 5.74) is 2.80. The van der Waals surface area contributed by atoms with Crippen LogP contribution in [-0.2, 0) is 22.5 Å². The zero-order valence-electron chi connectivity index (χ0n) is 16.2. The summed E-state index contributed by atoms with van der Waals surface area (Å²) in [6, 6.07) is 3.53. The summed E-state index contributed by atoms with van der Waals surface area (Å²) in [7, 11) is -0.434. The molecule has 0 aliphatic rings. The monoisotopic (exact) mass is 365 g/mol. The number of hydrogen-bond donors (Lipinski definition) is 1. The Balaban J connectivity index is 2.52. The van der Waals surface area contributed by atoms with Gasteiger partial charge in [-0.05, 0) is 43.5 Å². The fraction of sp³-hybridized carbons (Fsp3) is 0.500. The smallest absolute Gasteiger partial charge is 0.263 e. The number of ether oxygens (including phenoxy) is 1. The van der Waals surface area contributed by atoms with Crippen LogP contribution >= 0.6 is 0 Å². The fourth-order valence-corrected chi connectivity index (χ4v) is 4.37. The van der Waals surface area contributed by atoms with Gasteiger partial charge in [-0.3, -0.25) is 9.40 Å². The maximum absolute atomic E-state index is 13.0. The van der Waals surface area contributed by atoms with E-state index in [1.54, 1.807) is 44.8 Å². The van der Waals surface area contributed by atoms with Crippen LogP contribution in [-0.4, -0.2) is 25.3 Å². The summed E-state index contributed by atoms with van der Waals surface area (Å²) in [5.74, 6) is 1.13. The van der Waals surface area contributed by atoms with Gasteiger partial charge in [0.05, 0.1) is 17.7 Å². The van der Waals surface area contributed by atoms with Crippen molar-refractivity contribution in [3.05, 3.63) is 34.5 Å². The molecule has 0 amide bonds. The number of benzene rings is 1. The van der Waals surface area contributed by atoms with Gasteiger partial charge in [0.25, 0.3) is 10.0 Å². The maximum atomic E-state index is 13.0. The Morgan fingerprint density at radius 3 is 2.20 bits per heavy atom. The van der Waals surface area contributed by atoms with Crippen molar-refractivity contribution in [1.29, 1.82) is 0 Å². The van der Waals surface area contributed by atoms with E-state index in [-0.39, 0.29) is 10.3 Å². The van der Waals surface area contributed by atoms with E-state index >= 15 is 0 Å². The standard InChI is InChI=1S/C18H27N3O3S/c1-11-9-14(24-8)12(2)13(3)17(11)25(22,23)20-16-10-15(18(4,5)6)19-21(16)7/h9-10,20H,1-8H3. The van der Waals surface area contributed by atoms with Crippen molar-refractivity contribution in [2.75, 3.05) is 11.8 Å². The largest absolute Gasteiger partial charge is 0.496 e. The summed E-state index contributed by atoms with van der Waals surface area (Å²) in [5, 5.41) is 4.42. The first kappa shape index (κ1) is 19.3. The van der Waals surface area contributed by atoms with Gasteiger partial charge in [-0.15, -0.1) is 0 Å². The minimum absolute atomic E-state index is 0.163. The highest BCUT2D eigenvalue weighted by Crippen LogP contribution is 2.32. The predicted octanol–water partition coefficient (Wildman–Crippen LogP) is 3.45. The molecule has 0 saturated carbocycles. The van der Waals surface area contributed by atoms with Gasteiger partial charge >= 0.3 is 0 Å². The number of hydrogen-bond acceptors (Lipinski definition) is 4. The van der Waals surface area contributed by atoms with Crippen molar-refractivity contribution in [3.63, 3.8) is 0 Å². The summed E-state index contributed by atoms with van der Waals surface area (Å²) in [6.45, 7) is 11.5. The first-order chi connectivity index (χ1) is 11.4. The summed E-state index contributed by atoms with van der Waals surface area (Å²) < 4.78 is 35.6. The number of nitrogens with zero attached hydrogens (tertiary/aromatic N) is 2. The molecule has 0 unspecified atom stereocenters. The second-order valence-corrected chi connectivity index (χ2v) is 8.99. The molecule has 1 heterocycles. The Morgan fingerprint density at radius 1 is 1.12 bits per heavy atom. The van der Waals surface area contributed by atoms with Crippen LogP contribution in [0.1, 0.15) is 43.2 Å². The van der Waals surface area contributed by atoms with Crippen LogP contribution in [0.25, 0.3) is 0 Å². The zero-order chi connectivity index (χ0) is 19.2. The molecule has 7 heteroatoms. The van der Waals surface area contributed by atoms with Crippen molar-refractivity contribution in [2.24, 2.45) is 7.05 Å². The van der Waals surface area contributed by atoms with Crippen LogP contribution in [0.3, 0.4) is 0 Å². The van der Waals surface area contributed by atoms with Crippen molar-refractivity contribution in [3.8, 4) is 5.75 Å². The molecular formula is C18H27N3O3S. The number of methoxy groups -OCH3 is 1. The van der Waals surface area contributed by atoms with Gasteiger partial charge in [-0.2, -0.15) is 5.10 Å². The number of rotatable bonds is 4. The van der Waals surface area contributed by atoms with Gasteiger partial charge in [0.15, 0.2) is 0 Å². The van der Waals surface area contributed by atoms with E-state index in [9.17, 15) is 8.42 Å². The van der Waals surface area contributed by atoms with Gasteiger partial charge in [0.1, 0.15) is 11.6 Å². The number of sulfonamides is 1. The first-order valence-corrected chi connectivity index (χ1v) is 9.59. The lowest BCUT2D eigenvalue weighted by Gasteiger charge is -2.17. The van der Waals surface area contributed by atoms with Crippen molar-refractivity contribution in [2.45, 2.75) is 51.9 Å². The molecule has 1 N–H and O–H groups in total. The first-order valence-electron chi connectivity index (χ1n) is 8.10. The molecule has 0 radical (unpaired) electrons. The van der Waals surface area contributed by atoms with Crippen molar-refractivity contribution < 1.29 is 13.2 Å². The molecule has 2 aromatic rings. The Kier molecular flexibility index (Phi) is 4.92. The highest BCUT2D eigenvalue weighted by Gasteiger charge is 2.25. The predicted molar refractivity (Wildman–Crippen MR) is 99.9 cm³/mol. The highest BCUT2D eigenvalue weighted by atomic mass is 32.2. The molecule has 1 aromatic heterocycles. The highest BCUT2D eigenvalue weighted by molar-refractivity contribution is 7.92. The van der Waals surface area contributed by atoms with Crippen LogP contribution in [0.5, 0.6) is 5.75 Å². The molecule has 138 valence electrons. The van der Waals surface area contributed by atoms with Crippen molar-refractivity contribution >= 4 is 15.8 Å². The minimum Gasteiger partial charge on any atom is -0.496 e. The average Bonchev–Trinajstić information content (AvgIpc) is 2.83. The summed E-state index contributed by atoms with van der Waals surface area (Å²) >= 11 is 0. The van der Waals surface area contributed by atoms with Crippen molar-refractivity contribution in [1.82, 2.24) is 9.78 Å². The van der Waals surface area contributed by atoms with Gasteiger partial charge in [-0.25, -0.2) is 8.42 Å². The van der Waals surface area contributed by atoms with Crippen LogP contribution in [0.4, 0.5) is 5.82 Å². The lowest BCUT2D eigenvalue weighted by molar-refractivity contribution is 0.410. The molecule has 0 aliphatic carbocycles. The molecule has 0 saturated heterocycles. The maximum Gasteiger partial charge on any atom is 0.263 e. The van der Waals surface area contributed by atoms with E-state index in [1.165, 1.54) is 0 Å². The third kappa shape index (κ3) is 3.66. The quantitative estimate of drug-likeness (QED) is 0.900. The van der Waals surface area contributed by atoms with Gasteiger partial charge < -0.3 is 4.74 Å². The molecule has 0 bridgehead atoms. The Hall–Kier alpha value is -2.02. The van der Waals surface area contributed by atoms with Crippen LogP contribution in [0.15, 0.2) is 17.0 Å². The van der Waals surface area contributed by atoms with E-state index in [1.807, 2.05) is 27.7 Å². The van der Waals surface area contributed by atoms with Gasteiger partial charge in [0, 0.05) is 18.5 Å². The molecule has 2 rings (SSSR count). The van der Waals surface area contributed by atoms with Crippen LogP contribution in [0, 0.1) is 20.8 Å². The molecule has 1 aromatic carbocycles. The molecular weight excluding hydrogens is 338 g/mol. The van der Waals surface area contributed by atoms with E-state index in [0.717, 1.165) is 11.3 Å². The molecule has 0 spiro atoms. The summed E-state index contributed by atoms with van der Waals surface area (Å²) in [6.07, 6.45) is 0. The Bertz CT molecular complexity index is 907. The van der Waals surface area contributed by atoms with Crippen LogP contribution < -0.4 is 9.46 Å². The fourth-order valence-electron chi connectivity index (χ4n) is 2.76. The van der Waals surface area contributed by atoms with Gasteiger partial charge in [-0.1, -0.05) is 20.8 Å². The topological polar surface area (TPSA) is 73.2 Å². The number of aromatic nitrogens is 2. The SMILES string of the molecule is COc1cc(C)c(S(=O)(=O)Nc2cc(C(C)(C)C)nn2C)c(C)c1C. The zero-order valence-corrected chi connectivity index (χ0v) is 17.0. The summed E-state index contributed by atoms with van der Waals surface area (Å²) in [4.78, 5) is 0.282. The van der Waals surface area contributed by atoms with E-state index in [4.69, 9.17) is 4.74 Å². The normalized spacial score (nSPS) is 12.3. The number of anilines is 1. The Labute approximate surface area is 150 Å². The van der Waals surface area contributed by atoms with Gasteiger partial charge in [0.2, 0.25) is 0 Å². The molecule has 6 nitrogen and oxygen atoms in total. The van der Waals surface area contributed by atoms with E-state index in [2.05, 4.69) is 9.82 Å². The number of aryl methyl sites for hydroxylation is 2. The third-order valence-electron chi connectivity index (χ3n) is 4.35. The minimum atomic E-state index is -3.74. The number of nitrogens with one attached hydrogen (secondary N) is 1. The Morgan fingerprint density at radius 2 is 1.72 bits per heavy atom. The lowest BCUT2D eigenvalue weighted by atomic mass is 9.92.